The van der Waals surface area contributed by atoms with Gasteiger partial charge in [-0.3, -0.25) is 14.9 Å². The van der Waals surface area contributed by atoms with Crippen molar-refractivity contribution in [1.29, 1.82) is 0 Å². The molecular formula is C22H39N3O5. The van der Waals surface area contributed by atoms with Crippen LogP contribution in [0.5, 0.6) is 0 Å². The molecule has 0 radical (unpaired) electrons. The molecule has 0 aromatic carbocycles. The van der Waals surface area contributed by atoms with Gasteiger partial charge in [-0.05, 0) is 46.5 Å². The van der Waals surface area contributed by atoms with Crippen LogP contribution in [-0.4, -0.2) is 54.1 Å². The highest BCUT2D eigenvalue weighted by Gasteiger charge is 2.21. The Hall–Kier alpha value is -2.12. The summed E-state index contributed by atoms with van der Waals surface area (Å²) < 4.78 is 34.2. The first-order chi connectivity index (χ1) is 15.3. The third kappa shape index (κ3) is 11.8. The Morgan fingerprint density at radius 1 is 1.20 bits per heavy atom. The van der Waals surface area contributed by atoms with Crippen LogP contribution in [0.4, 0.5) is 4.79 Å². The van der Waals surface area contributed by atoms with E-state index in [2.05, 4.69) is 10.3 Å². The normalized spacial score (nSPS) is 24.7. The summed E-state index contributed by atoms with van der Waals surface area (Å²) in [6.45, 7) is 3.24. The lowest BCUT2D eigenvalue weighted by Gasteiger charge is -2.23. The standard InChI is InChI=1S/C22H39N3O5/c1-6-17-14-12-10-8-7-9-11-13-15-18(26)23-20(25(5)16-19(27)29-17)24-21(28)30-22(2,3)4/h17H,6-16H2,1-5H3,(H,23,24,26,28)/i5D3. The van der Waals surface area contributed by atoms with Gasteiger partial charge in [-0.25, -0.2) is 4.79 Å². The third-order valence-electron chi connectivity index (χ3n) is 4.57. The van der Waals surface area contributed by atoms with Gasteiger partial charge in [0.2, 0.25) is 11.9 Å². The van der Waals surface area contributed by atoms with Crippen molar-refractivity contribution >= 4 is 23.9 Å². The zero-order valence-electron chi connectivity index (χ0n) is 21.8. The van der Waals surface area contributed by atoms with E-state index in [-0.39, 0.29) is 12.5 Å². The van der Waals surface area contributed by atoms with Crippen LogP contribution in [0, 0.1) is 0 Å². The highest BCUT2D eigenvalue weighted by atomic mass is 16.6. The molecule has 1 N–H and O–H groups in total. The molecule has 1 unspecified atom stereocenters. The minimum Gasteiger partial charge on any atom is -0.461 e. The Kier molecular flexibility index (Phi) is 9.32. The summed E-state index contributed by atoms with van der Waals surface area (Å²) in [4.78, 5) is 41.7. The van der Waals surface area contributed by atoms with E-state index >= 15 is 0 Å². The molecule has 1 rings (SSSR count). The summed E-state index contributed by atoms with van der Waals surface area (Å²) in [6.07, 6.45) is 6.64. The van der Waals surface area contributed by atoms with Crippen molar-refractivity contribution in [3.05, 3.63) is 0 Å². The number of amides is 2. The molecule has 1 aliphatic rings. The summed E-state index contributed by atoms with van der Waals surface area (Å²) in [5.41, 5.74) is -0.875. The van der Waals surface area contributed by atoms with E-state index in [1.165, 1.54) is 0 Å². The fraction of sp³-hybridized carbons (Fsp3) is 0.818. The fourth-order valence-electron chi connectivity index (χ4n) is 3.03. The molecule has 0 aromatic rings. The first-order valence-electron chi connectivity index (χ1n) is 12.4. The minimum absolute atomic E-state index is 0.143. The number of carbonyl (C=O) groups is 3. The molecule has 0 bridgehead atoms. The zero-order chi connectivity index (χ0) is 25.1. The quantitative estimate of drug-likeness (QED) is 0.630. The second-order valence-electron chi connectivity index (χ2n) is 8.58. The van der Waals surface area contributed by atoms with Crippen molar-refractivity contribution in [3.63, 3.8) is 0 Å². The molecule has 0 aliphatic carbocycles. The van der Waals surface area contributed by atoms with Gasteiger partial charge in [0.25, 0.3) is 0 Å². The number of hydrogen-bond donors (Lipinski definition) is 1. The van der Waals surface area contributed by atoms with Crippen LogP contribution < -0.4 is 5.32 Å². The molecule has 8 nitrogen and oxygen atoms in total. The summed E-state index contributed by atoms with van der Waals surface area (Å²) in [5, 5.41) is 2.40. The number of carbonyl (C=O) groups excluding carboxylic acids is 3. The lowest BCUT2D eigenvalue weighted by Crippen LogP contribution is -2.45. The number of aliphatic imine (C=N–C) groups is 1. The van der Waals surface area contributed by atoms with Crippen LogP contribution in [0.15, 0.2) is 4.99 Å². The Balaban J connectivity index is 3.22. The average molecular weight is 429 g/mol. The van der Waals surface area contributed by atoms with E-state index in [1.54, 1.807) is 20.8 Å². The second-order valence-corrected chi connectivity index (χ2v) is 8.58. The molecule has 1 fully saturated rings. The number of ether oxygens (including phenoxy) is 2. The molecule has 1 saturated heterocycles. The van der Waals surface area contributed by atoms with Gasteiger partial charge in [0, 0.05) is 17.5 Å². The largest absolute Gasteiger partial charge is 0.461 e. The number of nitrogens with zero attached hydrogens (tertiary/aromatic N) is 2. The van der Waals surface area contributed by atoms with Gasteiger partial charge in [0.1, 0.15) is 18.2 Å². The van der Waals surface area contributed by atoms with Gasteiger partial charge in [-0.2, -0.15) is 0 Å². The Labute approximate surface area is 185 Å². The van der Waals surface area contributed by atoms with E-state index in [1.807, 2.05) is 6.92 Å². The number of cyclic esters (lactones) is 1. The van der Waals surface area contributed by atoms with Crippen LogP contribution >= 0.6 is 0 Å². The van der Waals surface area contributed by atoms with E-state index in [0.717, 1.165) is 38.5 Å². The van der Waals surface area contributed by atoms with Gasteiger partial charge in [0.15, 0.2) is 0 Å². The van der Waals surface area contributed by atoms with Gasteiger partial charge >= 0.3 is 12.1 Å². The fourth-order valence-corrected chi connectivity index (χ4v) is 3.03. The van der Waals surface area contributed by atoms with Crippen molar-refractivity contribution in [2.45, 2.75) is 104 Å². The molecule has 0 saturated carbocycles. The van der Waals surface area contributed by atoms with Crippen LogP contribution in [0.1, 0.15) is 96.0 Å². The van der Waals surface area contributed by atoms with E-state index in [9.17, 15) is 14.4 Å². The zero-order valence-corrected chi connectivity index (χ0v) is 18.8. The van der Waals surface area contributed by atoms with Gasteiger partial charge in [-0.1, -0.05) is 39.0 Å². The highest BCUT2D eigenvalue weighted by Crippen LogP contribution is 2.14. The van der Waals surface area contributed by atoms with Crippen molar-refractivity contribution in [2.75, 3.05) is 13.5 Å². The summed E-state index contributed by atoms with van der Waals surface area (Å²) >= 11 is 0. The van der Waals surface area contributed by atoms with Crippen molar-refractivity contribution in [1.82, 2.24) is 10.2 Å². The van der Waals surface area contributed by atoms with Gasteiger partial charge in [0.05, 0.1) is 0 Å². The Bertz CT molecular complexity index is 690. The first-order valence-corrected chi connectivity index (χ1v) is 10.9. The average Bonchev–Trinajstić information content (AvgIpc) is 2.66. The maximum atomic E-state index is 12.6. The Morgan fingerprint density at radius 2 is 1.83 bits per heavy atom. The lowest BCUT2D eigenvalue weighted by molar-refractivity contribution is -0.149. The number of guanidine groups is 1. The van der Waals surface area contributed by atoms with Gasteiger partial charge < -0.3 is 14.4 Å². The van der Waals surface area contributed by atoms with Crippen LogP contribution in [0.2, 0.25) is 0 Å². The molecule has 172 valence electrons. The number of esters is 1. The predicted octanol–water partition coefficient (Wildman–Crippen LogP) is 4.17. The van der Waals surface area contributed by atoms with Crippen LogP contribution in [0.25, 0.3) is 0 Å². The predicted molar refractivity (Wildman–Crippen MR) is 116 cm³/mol. The SMILES string of the molecule is [2H]C([2H])([2H])N1CC(=O)OC(CC)CCCCCCCCCC(=O)NC1=NC(=O)OC(C)(C)C. The molecule has 0 spiro atoms. The van der Waals surface area contributed by atoms with E-state index in [4.69, 9.17) is 13.6 Å². The smallest absolute Gasteiger partial charge is 0.437 e. The second kappa shape index (κ2) is 13.2. The van der Waals surface area contributed by atoms with Gasteiger partial charge in [-0.15, -0.1) is 4.99 Å². The molecule has 8 heteroatoms. The maximum Gasteiger partial charge on any atom is 0.437 e. The van der Waals surface area contributed by atoms with E-state index < -0.39 is 43.1 Å². The summed E-state index contributed by atoms with van der Waals surface area (Å²) in [5.74, 6) is -1.81. The molecular weight excluding hydrogens is 386 g/mol. The van der Waals surface area contributed by atoms with Crippen LogP contribution in [-0.2, 0) is 19.1 Å². The molecule has 0 aromatic heterocycles. The third-order valence-corrected chi connectivity index (χ3v) is 4.57. The topological polar surface area (TPSA) is 97.3 Å². The van der Waals surface area contributed by atoms with Crippen LogP contribution in [0.3, 0.4) is 0 Å². The van der Waals surface area contributed by atoms with Crippen molar-refractivity contribution < 1.29 is 28.0 Å². The number of likely N-dealkylation sites (N-methyl/N-ethyl adjacent to an activating group) is 1. The lowest BCUT2D eigenvalue weighted by atomic mass is 10.0. The molecule has 1 heterocycles. The maximum absolute atomic E-state index is 12.6. The number of nitrogens with one attached hydrogen (secondary N) is 1. The minimum atomic E-state index is -2.86. The molecule has 1 atom stereocenters. The number of rotatable bonds is 1. The molecule has 30 heavy (non-hydrogen) atoms. The van der Waals surface area contributed by atoms with E-state index in [0.29, 0.717) is 24.2 Å². The first kappa shape index (κ1) is 21.1. The molecule has 2 amide bonds. The monoisotopic (exact) mass is 428 g/mol. The van der Waals surface area contributed by atoms with Crippen molar-refractivity contribution in [3.8, 4) is 0 Å². The van der Waals surface area contributed by atoms with Crippen molar-refractivity contribution in [2.24, 2.45) is 4.99 Å². The molecule has 1 aliphatic heterocycles. The Morgan fingerprint density at radius 3 is 2.43 bits per heavy atom. The summed E-state index contributed by atoms with van der Waals surface area (Å²) in [7, 11) is 0. The summed E-state index contributed by atoms with van der Waals surface area (Å²) in [6, 6.07) is 0. The number of hydrogen-bond acceptors (Lipinski definition) is 5. The highest BCUT2D eigenvalue weighted by molar-refractivity contribution is 6.01.